The second kappa shape index (κ2) is 7.81. The van der Waals surface area contributed by atoms with Crippen molar-refractivity contribution in [2.75, 3.05) is 26.2 Å². The summed E-state index contributed by atoms with van der Waals surface area (Å²) < 4.78 is 56.4. The van der Waals surface area contributed by atoms with Crippen LogP contribution in [0, 0.1) is 0 Å². The van der Waals surface area contributed by atoms with E-state index in [1.54, 1.807) is 12.1 Å². The molecule has 1 aliphatic carbocycles. The first kappa shape index (κ1) is 19.6. The normalized spacial score (nSPS) is 18.6. The summed E-state index contributed by atoms with van der Waals surface area (Å²) in [4.78, 5) is 13.0. The Balaban J connectivity index is 1.79. The highest BCUT2D eigenvalue weighted by molar-refractivity contribution is 7.93. The van der Waals surface area contributed by atoms with Crippen molar-refractivity contribution in [3.63, 3.8) is 0 Å². The number of sulfonamides is 1. The number of fused-ring (bicyclic) bond motifs is 1. The van der Waals surface area contributed by atoms with E-state index >= 15 is 0 Å². The van der Waals surface area contributed by atoms with Gasteiger partial charge >= 0.3 is 12.6 Å². The lowest BCUT2D eigenvalue weighted by atomic mass is 9.97. The molecule has 0 atom stereocenters. The Kier molecular flexibility index (Phi) is 5.66. The number of allylic oxidation sites excluding steroid dienone is 1. The predicted octanol–water partition coefficient (Wildman–Crippen LogP) is 1.99. The zero-order chi connectivity index (χ0) is 19.6. The number of carbonyl (C=O) groups excluding carboxylic acids is 1. The van der Waals surface area contributed by atoms with Crippen molar-refractivity contribution in [1.82, 2.24) is 9.21 Å². The molecule has 10 heteroatoms. The SMILES string of the molecule is NC(=O)N1CCCN(S(=O)(=O)C2=Cc3ccc(OC(F)F)cc3CC2)CC1. The lowest BCUT2D eigenvalue weighted by molar-refractivity contribution is -0.0498. The van der Waals surface area contributed by atoms with E-state index in [4.69, 9.17) is 5.73 Å². The molecule has 0 spiro atoms. The van der Waals surface area contributed by atoms with Gasteiger partial charge in [0.05, 0.1) is 4.91 Å². The van der Waals surface area contributed by atoms with Crippen LogP contribution in [0.2, 0.25) is 0 Å². The summed E-state index contributed by atoms with van der Waals surface area (Å²) in [6.07, 6.45) is 2.79. The largest absolute Gasteiger partial charge is 0.435 e. The average molecular weight is 401 g/mol. The Labute approximate surface area is 156 Å². The summed E-state index contributed by atoms with van der Waals surface area (Å²) in [7, 11) is -3.66. The monoisotopic (exact) mass is 401 g/mol. The Hall–Kier alpha value is -2.20. The maximum atomic E-state index is 13.0. The lowest BCUT2D eigenvalue weighted by Gasteiger charge is -2.24. The highest BCUT2D eigenvalue weighted by Gasteiger charge is 2.30. The van der Waals surface area contributed by atoms with Crippen LogP contribution in [-0.4, -0.2) is 56.4 Å². The predicted molar refractivity (Wildman–Crippen MR) is 95.6 cm³/mol. The molecular formula is C17H21F2N3O4S. The first-order valence-electron chi connectivity index (χ1n) is 8.60. The second-order valence-electron chi connectivity index (χ2n) is 6.43. The molecule has 1 aromatic rings. The lowest BCUT2D eigenvalue weighted by Crippen LogP contribution is -2.40. The van der Waals surface area contributed by atoms with Crippen LogP contribution in [0.25, 0.3) is 6.08 Å². The molecule has 0 unspecified atom stereocenters. The van der Waals surface area contributed by atoms with Crippen LogP contribution in [0.4, 0.5) is 13.6 Å². The van der Waals surface area contributed by atoms with Crippen molar-refractivity contribution in [2.24, 2.45) is 5.73 Å². The number of ether oxygens (including phenoxy) is 1. The van der Waals surface area contributed by atoms with Crippen molar-refractivity contribution >= 4 is 22.1 Å². The van der Waals surface area contributed by atoms with Crippen LogP contribution in [0.3, 0.4) is 0 Å². The number of urea groups is 1. The van der Waals surface area contributed by atoms with Crippen LogP contribution < -0.4 is 10.5 Å². The van der Waals surface area contributed by atoms with Crippen LogP contribution >= 0.6 is 0 Å². The van der Waals surface area contributed by atoms with Gasteiger partial charge in [-0.25, -0.2) is 13.2 Å². The van der Waals surface area contributed by atoms with Gasteiger partial charge in [0.25, 0.3) is 0 Å². The summed E-state index contributed by atoms with van der Waals surface area (Å²) >= 11 is 0. The molecule has 0 saturated carbocycles. The molecule has 27 heavy (non-hydrogen) atoms. The van der Waals surface area contributed by atoms with Crippen molar-refractivity contribution < 1.29 is 26.7 Å². The van der Waals surface area contributed by atoms with E-state index in [2.05, 4.69) is 4.74 Å². The molecule has 148 valence electrons. The number of nitrogens with two attached hydrogens (primary N) is 1. The standard InChI is InChI=1S/C17H21F2N3O4S/c18-16(19)26-14-4-2-13-11-15(5-3-12(13)10-14)27(24,25)22-7-1-6-21(8-9-22)17(20)23/h2,4,10-11,16H,1,3,5-9H2,(H2,20,23). The Morgan fingerprint density at radius 1 is 1.15 bits per heavy atom. The van der Waals surface area contributed by atoms with Gasteiger partial charge in [0.15, 0.2) is 0 Å². The number of alkyl halides is 2. The number of halogens is 2. The number of nitrogens with zero attached hydrogens (tertiary/aromatic N) is 2. The highest BCUT2D eigenvalue weighted by Crippen LogP contribution is 2.31. The van der Waals surface area contributed by atoms with Gasteiger partial charge < -0.3 is 15.4 Å². The molecule has 3 rings (SSSR count). The van der Waals surface area contributed by atoms with Gasteiger partial charge in [-0.15, -0.1) is 0 Å². The molecule has 7 nitrogen and oxygen atoms in total. The van der Waals surface area contributed by atoms with Crippen molar-refractivity contribution in [2.45, 2.75) is 25.9 Å². The van der Waals surface area contributed by atoms with Gasteiger partial charge in [-0.1, -0.05) is 6.07 Å². The molecule has 1 fully saturated rings. The minimum atomic E-state index is -3.66. The van der Waals surface area contributed by atoms with E-state index in [0.717, 1.165) is 5.56 Å². The topological polar surface area (TPSA) is 92.9 Å². The van der Waals surface area contributed by atoms with E-state index in [-0.39, 0.29) is 30.2 Å². The summed E-state index contributed by atoms with van der Waals surface area (Å²) in [6.45, 7) is -1.71. The van der Waals surface area contributed by atoms with Gasteiger partial charge in [-0.2, -0.15) is 13.1 Å². The van der Waals surface area contributed by atoms with Crippen molar-refractivity contribution in [3.05, 3.63) is 34.2 Å². The van der Waals surface area contributed by atoms with E-state index in [0.29, 0.717) is 31.5 Å². The second-order valence-corrected chi connectivity index (χ2v) is 8.42. The number of rotatable bonds is 4. The number of amides is 2. The molecule has 0 bridgehead atoms. The fourth-order valence-corrected chi connectivity index (χ4v) is 5.00. The minimum Gasteiger partial charge on any atom is -0.435 e. The third-order valence-electron chi connectivity index (χ3n) is 4.73. The number of hydrogen-bond donors (Lipinski definition) is 1. The van der Waals surface area contributed by atoms with Crippen molar-refractivity contribution in [1.29, 1.82) is 0 Å². The molecule has 1 aromatic carbocycles. The quantitative estimate of drug-likeness (QED) is 0.835. The Morgan fingerprint density at radius 3 is 2.63 bits per heavy atom. The summed E-state index contributed by atoms with van der Waals surface area (Å²) in [5, 5.41) is 0. The third kappa shape index (κ3) is 4.38. The molecule has 0 radical (unpaired) electrons. The van der Waals surface area contributed by atoms with Gasteiger partial charge in [0, 0.05) is 26.2 Å². The Bertz CT molecular complexity index is 858. The maximum absolute atomic E-state index is 13.0. The first-order valence-corrected chi connectivity index (χ1v) is 10.0. The van der Waals surface area contributed by atoms with E-state index in [1.165, 1.54) is 21.3 Å². The number of aryl methyl sites for hydroxylation is 1. The zero-order valence-electron chi connectivity index (χ0n) is 14.6. The van der Waals surface area contributed by atoms with Crippen LogP contribution in [0.5, 0.6) is 5.75 Å². The molecular weight excluding hydrogens is 380 g/mol. The minimum absolute atomic E-state index is 0.0579. The molecule has 2 aliphatic rings. The molecule has 1 aliphatic heterocycles. The molecule has 1 saturated heterocycles. The molecule has 0 aromatic heterocycles. The van der Waals surface area contributed by atoms with Crippen LogP contribution in [0.1, 0.15) is 24.0 Å². The van der Waals surface area contributed by atoms with Gasteiger partial charge in [-0.3, -0.25) is 0 Å². The maximum Gasteiger partial charge on any atom is 0.387 e. The van der Waals surface area contributed by atoms with Gasteiger partial charge in [-0.05, 0) is 48.6 Å². The Morgan fingerprint density at radius 2 is 1.93 bits per heavy atom. The third-order valence-corrected chi connectivity index (χ3v) is 6.76. The number of hydrogen-bond acceptors (Lipinski definition) is 4. The van der Waals surface area contributed by atoms with Gasteiger partial charge in [0.2, 0.25) is 10.0 Å². The number of carbonyl (C=O) groups is 1. The number of benzene rings is 1. The summed E-state index contributed by atoms with van der Waals surface area (Å²) in [5.41, 5.74) is 6.72. The summed E-state index contributed by atoms with van der Waals surface area (Å²) in [5.74, 6) is 0.0579. The average Bonchev–Trinajstić information content (AvgIpc) is 2.87. The van der Waals surface area contributed by atoms with E-state index in [9.17, 15) is 22.0 Å². The zero-order valence-corrected chi connectivity index (χ0v) is 15.4. The molecule has 2 N–H and O–H groups in total. The van der Waals surface area contributed by atoms with Crippen molar-refractivity contribution in [3.8, 4) is 5.75 Å². The fraction of sp³-hybridized carbons (Fsp3) is 0.471. The van der Waals surface area contributed by atoms with Crippen LogP contribution in [-0.2, 0) is 16.4 Å². The van der Waals surface area contributed by atoms with E-state index < -0.39 is 22.7 Å². The smallest absolute Gasteiger partial charge is 0.387 e. The van der Waals surface area contributed by atoms with E-state index in [1.807, 2.05) is 0 Å². The summed E-state index contributed by atoms with van der Waals surface area (Å²) in [6, 6.07) is 3.94. The number of primary amides is 1. The molecule has 2 amide bonds. The van der Waals surface area contributed by atoms with Crippen LogP contribution in [0.15, 0.2) is 23.1 Å². The molecule has 1 heterocycles. The first-order chi connectivity index (χ1) is 12.8. The van der Waals surface area contributed by atoms with Gasteiger partial charge in [0.1, 0.15) is 5.75 Å². The fourth-order valence-electron chi connectivity index (χ4n) is 3.34. The highest BCUT2D eigenvalue weighted by atomic mass is 32.2.